The molecule has 0 spiro atoms. The predicted molar refractivity (Wildman–Crippen MR) is 68.6 cm³/mol. The molecule has 1 saturated heterocycles. The number of nitrogens with one attached hydrogen (secondary N) is 1. The Kier molecular flexibility index (Phi) is 2.56. The van der Waals surface area contributed by atoms with Crippen molar-refractivity contribution in [3.8, 4) is 0 Å². The Labute approximate surface area is 106 Å². The van der Waals surface area contributed by atoms with Gasteiger partial charge in [0.1, 0.15) is 0 Å². The fraction of sp³-hybridized carbons (Fsp3) is 0. The fourth-order valence-corrected chi connectivity index (χ4v) is 2.32. The van der Waals surface area contributed by atoms with Gasteiger partial charge in [0.05, 0.1) is 15.9 Å². The minimum absolute atomic E-state index is 0.341. The highest BCUT2D eigenvalue weighted by molar-refractivity contribution is 8.18. The number of benzene rings is 1. The van der Waals surface area contributed by atoms with Crippen LogP contribution in [-0.4, -0.2) is 21.1 Å². The normalized spacial score (nSPS) is 17.4. The molecule has 18 heavy (non-hydrogen) atoms. The van der Waals surface area contributed by atoms with Gasteiger partial charge in [-0.25, -0.2) is 0 Å². The van der Waals surface area contributed by atoms with Gasteiger partial charge in [-0.2, -0.15) is 0 Å². The van der Waals surface area contributed by atoms with Crippen molar-refractivity contribution in [2.75, 3.05) is 0 Å². The molecule has 2 heterocycles. The number of hydrogen-bond acceptors (Lipinski definition) is 5. The smallest absolute Gasteiger partial charge is 0.282 e. The van der Waals surface area contributed by atoms with Crippen molar-refractivity contribution >= 4 is 40.0 Å². The quantitative estimate of drug-likeness (QED) is 0.790. The van der Waals surface area contributed by atoms with E-state index >= 15 is 0 Å². The molecule has 0 bridgehead atoms. The lowest BCUT2D eigenvalue weighted by Gasteiger charge is -1.98. The van der Waals surface area contributed by atoms with Crippen LogP contribution in [0.4, 0.5) is 4.79 Å². The van der Waals surface area contributed by atoms with Gasteiger partial charge >= 0.3 is 0 Å². The number of amides is 2. The van der Waals surface area contributed by atoms with E-state index < -0.39 is 0 Å². The van der Waals surface area contributed by atoms with E-state index in [1.54, 1.807) is 18.5 Å². The number of fused-ring (bicyclic) bond motifs is 1. The molecule has 3 rings (SSSR count). The number of nitrogens with zero attached hydrogens (tertiary/aromatic N) is 2. The van der Waals surface area contributed by atoms with Crippen LogP contribution in [0.1, 0.15) is 5.56 Å². The van der Waals surface area contributed by atoms with Crippen LogP contribution < -0.4 is 5.32 Å². The van der Waals surface area contributed by atoms with Crippen molar-refractivity contribution in [1.82, 2.24) is 15.3 Å². The van der Waals surface area contributed by atoms with Gasteiger partial charge in [0.2, 0.25) is 0 Å². The number of imide groups is 1. The Morgan fingerprint density at radius 1 is 1.11 bits per heavy atom. The first-order valence-corrected chi connectivity index (χ1v) is 6.00. The van der Waals surface area contributed by atoms with Crippen molar-refractivity contribution in [3.05, 3.63) is 41.1 Å². The van der Waals surface area contributed by atoms with Crippen LogP contribution in [0.5, 0.6) is 0 Å². The summed E-state index contributed by atoms with van der Waals surface area (Å²) in [4.78, 5) is 31.2. The van der Waals surface area contributed by atoms with Gasteiger partial charge in [0.15, 0.2) is 0 Å². The van der Waals surface area contributed by atoms with Crippen LogP contribution in [-0.2, 0) is 4.79 Å². The molecule has 0 atom stereocenters. The molecule has 1 aromatic heterocycles. The van der Waals surface area contributed by atoms with Crippen LogP contribution in [0.25, 0.3) is 17.1 Å². The first-order valence-electron chi connectivity index (χ1n) is 5.18. The molecule has 88 valence electrons. The Morgan fingerprint density at radius 3 is 2.61 bits per heavy atom. The maximum absolute atomic E-state index is 11.4. The van der Waals surface area contributed by atoms with Crippen molar-refractivity contribution in [3.63, 3.8) is 0 Å². The zero-order chi connectivity index (χ0) is 12.5. The molecular weight excluding hydrogens is 250 g/mol. The summed E-state index contributed by atoms with van der Waals surface area (Å²) in [6.07, 6.45) is 4.90. The maximum atomic E-state index is 11.4. The monoisotopic (exact) mass is 257 g/mol. The first kappa shape index (κ1) is 10.9. The molecule has 0 saturated carbocycles. The number of rotatable bonds is 1. The molecule has 5 nitrogen and oxygen atoms in total. The second-order valence-electron chi connectivity index (χ2n) is 3.66. The van der Waals surface area contributed by atoms with E-state index in [0.717, 1.165) is 28.4 Å². The van der Waals surface area contributed by atoms with Crippen LogP contribution in [0.2, 0.25) is 0 Å². The molecule has 1 aliphatic rings. The van der Waals surface area contributed by atoms with Gasteiger partial charge in [-0.15, -0.1) is 0 Å². The standard InChI is InChI=1S/C12H7N3O2S/c16-11-10(18-12(17)15-11)6-7-1-2-8-9(5-7)14-4-3-13-8/h1-6H,(H,15,16,17)/b10-6-. The number of carbonyl (C=O) groups is 2. The van der Waals surface area contributed by atoms with Gasteiger partial charge in [-0.05, 0) is 35.5 Å². The summed E-state index contributed by atoms with van der Waals surface area (Å²) in [6, 6.07) is 5.49. The van der Waals surface area contributed by atoms with Gasteiger partial charge in [-0.1, -0.05) is 6.07 Å². The predicted octanol–water partition coefficient (Wildman–Crippen LogP) is 1.95. The highest BCUT2D eigenvalue weighted by Crippen LogP contribution is 2.26. The summed E-state index contributed by atoms with van der Waals surface area (Å²) in [6.45, 7) is 0. The van der Waals surface area contributed by atoms with E-state index in [9.17, 15) is 9.59 Å². The van der Waals surface area contributed by atoms with Crippen LogP contribution >= 0.6 is 11.8 Å². The molecule has 0 radical (unpaired) electrons. The second kappa shape index (κ2) is 4.23. The third kappa shape index (κ3) is 1.98. The Hall–Kier alpha value is -2.21. The van der Waals surface area contributed by atoms with E-state index in [4.69, 9.17) is 0 Å². The zero-order valence-electron chi connectivity index (χ0n) is 9.08. The molecule has 0 aliphatic carbocycles. The largest absolute Gasteiger partial charge is 0.290 e. The first-order chi connectivity index (χ1) is 8.72. The van der Waals surface area contributed by atoms with E-state index in [1.807, 2.05) is 18.2 Å². The molecule has 1 N–H and O–H groups in total. The molecule has 2 amide bonds. The van der Waals surface area contributed by atoms with Gasteiger partial charge < -0.3 is 0 Å². The second-order valence-corrected chi connectivity index (χ2v) is 4.67. The van der Waals surface area contributed by atoms with Crippen LogP contribution in [0.3, 0.4) is 0 Å². The maximum Gasteiger partial charge on any atom is 0.290 e. The number of carbonyl (C=O) groups excluding carboxylic acids is 2. The van der Waals surface area contributed by atoms with Gasteiger partial charge in [0.25, 0.3) is 11.1 Å². The summed E-state index contributed by atoms with van der Waals surface area (Å²) >= 11 is 0.899. The highest BCUT2D eigenvalue weighted by atomic mass is 32.2. The summed E-state index contributed by atoms with van der Waals surface area (Å²) in [5, 5.41) is 1.87. The average molecular weight is 257 g/mol. The molecule has 1 aromatic carbocycles. The number of hydrogen-bond donors (Lipinski definition) is 1. The number of thioether (sulfide) groups is 1. The van der Waals surface area contributed by atoms with E-state index in [1.165, 1.54) is 0 Å². The van der Waals surface area contributed by atoms with Crippen LogP contribution in [0, 0.1) is 0 Å². The third-order valence-electron chi connectivity index (χ3n) is 2.43. The topological polar surface area (TPSA) is 72.0 Å². The van der Waals surface area contributed by atoms with E-state index in [0.29, 0.717) is 4.91 Å². The summed E-state index contributed by atoms with van der Waals surface area (Å²) in [7, 11) is 0. The zero-order valence-corrected chi connectivity index (χ0v) is 9.90. The average Bonchev–Trinajstić information content (AvgIpc) is 2.68. The number of aromatic nitrogens is 2. The lowest BCUT2D eigenvalue weighted by atomic mass is 10.2. The Balaban J connectivity index is 2.02. The highest BCUT2D eigenvalue weighted by Gasteiger charge is 2.24. The lowest BCUT2D eigenvalue weighted by Crippen LogP contribution is -2.17. The van der Waals surface area contributed by atoms with E-state index in [-0.39, 0.29) is 11.1 Å². The van der Waals surface area contributed by atoms with Crippen LogP contribution in [0.15, 0.2) is 35.5 Å². The van der Waals surface area contributed by atoms with Gasteiger partial charge in [0, 0.05) is 12.4 Å². The van der Waals surface area contributed by atoms with Crippen molar-refractivity contribution in [2.24, 2.45) is 0 Å². The molecule has 2 aromatic rings. The molecular formula is C12H7N3O2S. The molecule has 1 aliphatic heterocycles. The summed E-state index contributed by atoms with van der Waals surface area (Å²) in [5.41, 5.74) is 2.36. The van der Waals surface area contributed by atoms with Crippen molar-refractivity contribution < 1.29 is 9.59 Å². The van der Waals surface area contributed by atoms with Gasteiger partial charge in [-0.3, -0.25) is 24.9 Å². The molecule has 0 unspecified atom stereocenters. The van der Waals surface area contributed by atoms with E-state index in [2.05, 4.69) is 15.3 Å². The minimum atomic E-state index is -0.357. The molecule has 1 fully saturated rings. The summed E-state index contributed by atoms with van der Waals surface area (Å²) in [5.74, 6) is -0.357. The van der Waals surface area contributed by atoms with Crippen molar-refractivity contribution in [2.45, 2.75) is 0 Å². The third-order valence-corrected chi connectivity index (χ3v) is 3.24. The van der Waals surface area contributed by atoms with Crippen molar-refractivity contribution in [1.29, 1.82) is 0 Å². The summed E-state index contributed by atoms with van der Waals surface area (Å²) < 4.78 is 0. The Morgan fingerprint density at radius 2 is 1.89 bits per heavy atom. The lowest BCUT2D eigenvalue weighted by molar-refractivity contribution is -0.115. The Bertz CT molecular complexity index is 697. The fourth-order valence-electron chi connectivity index (χ4n) is 1.64. The SMILES string of the molecule is O=C1NC(=O)/C(=C/c2ccc3nccnc3c2)S1. The minimum Gasteiger partial charge on any atom is -0.282 e. The molecule has 6 heteroatoms.